The summed E-state index contributed by atoms with van der Waals surface area (Å²) in [6.45, 7) is 4.54. The Morgan fingerprint density at radius 1 is 0.818 bits per heavy atom. The van der Waals surface area contributed by atoms with Gasteiger partial charge in [0.15, 0.2) is 0 Å². The van der Waals surface area contributed by atoms with Crippen molar-refractivity contribution >= 4 is 21.8 Å². The Kier molecular flexibility index (Phi) is 3.16. The highest BCUT2D eigenvalue weighted by Crippen LogP contribution is 2.35. The zero-order chi connectivity index (χ0) is 16.0. The zero-order valence-electron chi connectivity index (χ0n) is 12.3. The van der Waals surface area contributed by atoms with Gasteiger partial charge in [0.1, 0.15) is 11.5 Å². The Hall–Kier alpha value is -2.76. The van der Waals surface area contributed by atoms with Gasteiger partial charge in [-0.15, -0.1) is 0 Å². The summed E-state index contributed by atoms with van der Waals surface area (Å²) < 4.78 is 3.02. The van der Waals surface area contributed by atoms with Crippen molar-refractivity contribution in [2.75, 3.05) is 0 Å². The van der Waals surface area contributed by atoms with E-state index in [1.807, 2.05) is 13.8 Å². The maximum Gasteiger partial charge on any atom is 0.254 e. The number of fused-ring (bicyclic) bond motifs is 3. The van der Waals surface area contributed by atoms with Crippen molar-refractivity contribution in [1.82, 2.24) is 9.13 Å². The van der Waals surface area contributed by atoms with Gasteiger partial charge in [-0.2, -0.15) is 0 Å². The smallest absolute Gasteiger partial charge is 0.254 e. The van der Waals surface area contributed by atoms with Gasteiger partial charge in [0.05, 0.1) is 21.8 Å². The molecule has 0 saturated heterocycles. The molecular formula is C16H16N2O4. The second-order valence-electron chi connectivity index (χ2n) is 5.08. The van der Waals surface area contributed by atoms with Crippen LogP contribution in [0.2, 0.25) is 0 Å². The van der Waals surface area contributed by atoms with E-state index in [0.29, 0.717) is 34.9 Å². The highest BCUT2D eigenvalue weighted by Gasteiger charge is 2.16. The maximum absolute atomic E-state index is 12.0. The largest absolute Gasteiger partial charge is 0.507 e. The zero-order valence-corrected chi connectivity index (χ0v) is 12.3. The van der Waals surface area contributed by atoms with E-state index < -0.39 is 0 Å². The van der Waals surface area contributed by atoms with Gasteiger partial charge in [0.2, 0.25) is 0 Å². The van der Waals surface area contributed by atoms with E-state index >= 15 is 0 Å². The van der Waals surface area contributed by atoms with E-state index in [2.05, 4.69) is 0 Å². The van der Waals surface area contributed by atoms with Crippen LogP contribution in [0.4, 0.5) is 0 Å². The van der Waals surface area contributed by atoms with Crippen LogP contribution in [-0.4, -0.2) is 19.3 Å². The van der Waals surface area contributed by atoms with Gasteiger partial charge in [-0.1, -0.05) is 0 Å². The SMILES string of the molecule is CCn1c(=O)cc(O)c2c3c(O)cc(=O)n(CC)c3ccc21. The van der Waals surface area contributed by atoms with E-state index in [-0.39, 0.29) is 22.6 Å². The lowest BCUT2D eigenvalue weighted by Gasteiger charge is -2.15. The first-order valence-corrected chi connectivity index (χ1v) is 7.11. The molecule has 0 atom stereocenters. The number of benzene rings is 1. The van der Waals surface area contributed by atoms with Crippen molar-refractivity contribution in [1.29, 1.82) is 0 Å². The highest BCUT2D eigenvalue weighted by molar-refractivity contribution is 6.11. The van der Waals surface area contributed by atoms with Gasteiger partial charge in [-0.3, -0.25) is 9.59 Å². The molecule has 3 rings (SSSR count). The molecule has 0 saturated carbocycles. The number of hydrogen-bond acceptors (Lipinski definition) is 4. The standard InChI is InChI=1S/C16H16N2O4/c1-3-17-9-5-6-10-16(15(9)11(19)7-13(17)21)12(20)8-14(22)18(10)4-2/h5-8,19-20H,3-4H2,1-2H3. The van der Waals surface area contributed by atoms with Crippen molar-refractivity contribution in [3.05, 3.63) is 45.0 Å². The molecule has 0 fully saturated rings. The minimum atomic E-state index is -0.310. The Bertz CT molecular complexity index is 932. The lowest BCUT2D eigenvalue weighted by atomic mass is 10.1. The number of pyridine rings is 2. The number of rotatable bonds is 2. The molecule has 2 aromatic heterocycles. The summed E-state index contributed by atoms with van der Waals surface area (Å²) in [5.74, 6) is -0.404. The molecule has 2 heterocycles. The molecule has 0 amide bonds. The van der Waals surface area contributed by atoms with Crippen LogP contribution in [0.1, 0.15) is 13.8 Å². The molecule has 3 aromatic rings. The van der Waals surface area contributed by atoms with Crippen LogP contribution in [-0.2, 0) is 13.1 Å². The molecule has 6 nitrogen and oxygen atoms in total. The first-order valence-electron chi connectivity index (χ1n) is 7.11. The molecule has 0 spiro atoms. The van der Waals surface area contributed by atoms with Gasteiger partial charge in [-0.05, 0) is 26.0 Å². The normalized spacial score (nSPS) is 11.4. The van der Waals surface area contributed by atoms with Crippen molar-refractivity contribution in [3.63, 3.8) is 0 Å². The predicted molar refractivity (Wildman–Crippen MR) is 84.7 cm³/mol. The topological polar surface area (TPSA) is 84.5 Å². The number of hydrogen-bond donors (Lipinski definition) is 2. The quantitative estimate of drug-likeness (QED) is 0.706. The first kappa shape index (κ1) is 14.2. The van der Waals surface area contributed by atoms with Crippen molar-refractivity contribution < 1.29 is 10.2 Å². The summed E-state index contributed by atoms with van der Waals surface area (Å²) in [6.07, 6.45) is 0. The fourth-order valence-electron chi connectivity index (χ4n) is 2.97. The molecule has 0 aliphatic carbocycles. The molecule has 0 unspecified atom stereocenters. The molecule has 0 aliphatic heterocycles. The molecule has 114 valence electrons. The molecule has 1 aromatic carbocycles. The van der Waals surface area contributed by atoms with Crippen molar-refractivity contribution in [2.45, 2.75) is 26.9 Å². The van der Waals surface area contributed by atoms with Crippen LogP contribution in [0, 0.1) is 0 Å². The lowest BCUT2D eigenvalue weighted by molar-refractivity contribution is 0.474. The molecular weight excluding hydrogens is 284 g/mol. The van der Waals surface area contributed by atoms with Gasteiger partial charge < -0.3 is 19.3 Å². The second kappa shape index (κ2) is 4.91. The summed E-state index contributed by atoms with van der Waals surface area (Å²) in [6, 6.07) is 5.64. The Balaban J connectivity index is 2.68. The van der Waals surface area contributed by atoms with Crippen LogP contribution >= 0.6 is 0 Å². The third-order valence-electron chi connectivity index (χ3n) is 3.94. The summed E-state index contributed by atoms with van der Waals surface area (Å²) >= 11 is 0. The molecule has 0 radical (unpaired) electrons. The molecule has 6 heteroatoms. The van der Waals surface area contributed by atoms with Gasteiger partial charge in [-0.25, -0.2) is 0 Å². The van der Waals surface area contributed by atoms with Crippen molar-refractivity contribution in [2.24, 2.45) is 0 Å². The summed E-state index contributed by atoms with van der Waals surface area (Å²) in [5, 5.41) is 21.2. The van der Waals surface area contributed by atoms with Crippen LogP contribution in [0.25, 0.3) is 21.8 Å². The van der Waals surface area contributed by atoms with Crippen LogP contribution in [0.15, 0.2) is 33.9 Å². The Morgan fingerprint density at radius 3 is 1.50 bits per heavy atom. The van der Waals surface area contributed by atoms with E-state index in [9.17, 15) is 19.8 Å². The third-order valence-corrected chi connectivity index (χ3v) is 3.94. The average Bonchev–Trinajstić information content (AvgIpc) is 2.47. The Labute approximate surface area is 125 Å². The van der Waals surface area contributed by atoms with Crippen LogP contribution in [0.5, 0.6) is 11.5 Å². The van der Waals surface area contributed by atoms with E-state index in [4.69, 9.17) is 0 Å². The molecule has 0 bridgehead atoms. The lowest BCUT2D eigenvalue weighted by Crippen LogP contribution is -2.20. The van der Waals surface area contributed by atoms with Crippen LogP contribution < -0.4 is 11.1 Å². The van der Waals surface area contributed by atoms with Gasteiger partial charge in [0, 0.05) is 25.2 Å². The van der Waals surface area contributed by atoms with E-state index in [1.165, 1.54) is 9.13 Å². The second-order valence-corrected chi connectivity index (χ2v) is 5.08. The summed E-state index contributed by atoms with van der Waals surface area (Å²) in [7, 11) is 0. The first-order chi connectivity index (χ1) is 10.5. The van der Waals surface area contributed by atoms with Gasteiger partial charge >= 0.3 is 0 Å². The Morgan fingerprint density at radius 2 is 1.18 bits per heavy atom. The highest BCUT2D eigenvalue weighted by atomic mass is 16.3. The molecule has 2 N–H and O–H groups in total. The fraction of sp³-hybridized carbons (Fsp3) is 0.250. The van der Waals surface area contributed by atoms with Gasteiger partial charge in [0.25, 0.3) is 11.1 Å². The van der Waals surface area contributed by atoms with E-state index in [0.717, 1.165) is 12.1 Å². The summed E-state index contributed by atoms with van der Waals surface area (Å²) in [4.78, 5) is 23.9. The minimum absolute atomic E-state index is 0.202. The van der Waals surface area contributed by atoms with Crippen molar-refractivity contribution in [3.8, 4) is 11.5 Å². The maximum atomic E-state index is 12.0. The number of aryl methyl sites for hydroxylation is 2. The molecule has 0 aliphatic rings. The average molecular weight is 300 g/mol. The number of aromatic hydroxyl groups is 2. The monoisotopic (exact) mass is 300 g/mol. The summed E-state index contributed by atoms with van der Waals surface area (Å²) in [5.41, 5.74) is 0.429. The van der Waals surface area contributed by atoms with E-state index in [1.54, 1.807) is 12.1 Å². The van der Waals surface area contributed by atoms with Crippen LogP contribution in [0.3, 0.4) is 0 Å². The predicted octanol–water partition coefficient (Wildman–Crippen LogP) is 1.77. The molecule has 22 heavy (non-hydrogen) atoms. The minimum Gasteiger partial charge on any atom is -0.507 e. The third kappa shape index (κ3) is 1.80. The fourth-order valence-corrected chi connectivity index (χ4v) is 2.97. The number of nitrogens with zero attached hydrogens (tertiary/aromatic N) is 2. The number of aromatic nitrogens is 2.